The summed E-state index contributed by atoms with van der Waals surface area (Å²) in [6, 6.07) is 0. The molecule has 12 heavy (non-hydrogen) atoms. The van der Waals surface area contributed by atoms with E-state index in [2.05, 4.69) is 27.7 Å². The fourth-order valence-electron chi connectivity index (χ4n) is 2.14. The van der Waals surface area contributed by atoms with Crippen LogP contribution in [0.25, 0.3) is 0 Å². The van der Waals surface area contributed by atoms with Crippen LogP contribution in [0.4, 0.5) is 0 Å². The normalized spacial score (nSPS) is 28.2. The molecule has 0 aromatic rings. The van der Waals surface area contributed by atoms with Crippen molar-refractivity contribution in [3.8, 4) is 0 Å². The molecule has 0 unspecified atom stereocenters. The van der Waals surface area contributed by atoms with Crippen molar-refractivity contribution < 1.29 is 4.57 Å². The third-order valence-corrected chi connectivity index (χ3v) is 5.57. The molecule has 1 fully saturated rings. The van der Waals surface area contributed by atoms with E-state index in [9.17, 15) is 4.57 Å². The molecule has 0 aliphatic carbocycles. The molecular weight excluding hydrogens is 167 g/mol. The summed E-state index contributed by atoms with van der Waals surface area (Å²) in [7, 11) is -1.05. The zero-order valence-corrected chi connectivity index (χ0v) is 9.58. The molecule has 0 bridgehead atoms. The van der Waals surface area contributed by atoms with Gasteiger partial charge in [0.15, 0.2) is 10.3 Å². The molecule has 70 valence electrons. The SMILES string of the molecule is CC1(C)CCCCC(C)(C)[P+]1=O. The molecule has 0 saturated carbocycles. The van der Waals surface area contributed by atoms with Crippen LogP contribution in [0.1, 0.15) is 53.4 Å². The quantitative estimate of drug-likeness (QED) is 0.525. The number of rotatable bonds is 0. The van der Waals surface area contributed by atoms with Gasteiger partial charge in [0.2, 0.25) is 0 Å². The number of hydrogen-bond donors (Lipinski definition) is 0. The highest BCUT2D eigenvalue weighted by atomic mass is 31.1. The fourth-order valence-corrected chi connectivity index (χ4v) is 4.50. The average molecular weight is 187 g/mol. The molecule has 1 aliphatic heterocycles. The molecule has 2 heteroatoms. The zero-order chi connectivity index (χ0) is 9.41. The number of hydrogen-bond acceptors (Lipinski definition) is 1. The maximum absolute atomic E-state index is 12.1. The molecule has 1 rings (SSSR count). The molecule has 0 N–H and O–H groups in total. The first kappa shape index (κ1) is 10.2. The Hall–Kier alpha value is 0.100. The van der Waals surface area contributed by atoms with Crippen molar-refractivity contribution >= 4 is 7.80 Å². The van der Waals surface area contributed by atoms with Crippen LogP contribution in [0.5, 0.6) is 0 Å². The minimum absolute atomic E-state index is 0.0648. The van der Waals surface area contributed by atoms with E-state index in [0.29, 0.717) is 0 Å². The third-order valence-electron chi connectivity index (χ3n) is 2.93. The zero-order valence-electron chi connectivity index (χ0n) is 8.68. The third kappa shape index (κ3) is 1.88. The lowest BCUT2D eigenvalue weighted by atomic mass is 10.0. The van der Waals surface area contributed by atoms with E-state index in [-0.39, 0.29) is 10.3 Å². The first-order valence-corrected chi connectivity index (χ1v) is 6.10. The molecule has 0 atom stereocenters. The lowest BCUT2D eigenvalue weighted by Crippen LogP contribution is -2.23. The smallest absolute Gasteiger partial charge is 0.0736 e. The highest BCUT2D eigenvalue weighted by Crippen LogP contribution is 2.56. The van der Waals surface area contributed by atoms with Gasteiger partial charge < -0.3 is 0 Å². The molecule has 1 nitrogen and oxygen atoms in total. The van der Waals surface area contributed by atoms with Crippen LogP contribution in [0.3, 0.4) is 0 Å². The standard InChI is InChI=1S/C10H20OP/c1-9(2)7-5-6-8-10(3,4)12(9)11/h5-8H2,1-4H3/q+1. The van der Waals surface area contributed by atoms with Gasteiger partial charge in [-0.2, -0.15) is 0 Å². The largest absolute Gasteiger partial charge is 0.350 e. The summed E-state index contributed by atoms with van der Waals surface area (Å²) >= 11 is 0. The van der Waals surface area contributed by atoms with Gasteiger partial charge in [0, 0.05) is 0 Å². The second-order valence-corrected chi connectivity index (χ2v) is 8.14. The molecular formula is C10H20OP+. The van der Waals surface area contributed by atoms with Gasteiger partial charge in [-0.15, -0.1) is 0 Å². The van der Waals surface area contributed by atoms with Gasteiger partial charge in [0.25, 0.3) is 0 Å². The monoisotopic (exact) mass is 187 g/mol. The highest BCUT2D eigenvalue weighted by molar-refractivity contribution is 7.48. The first-order chi connectivity index (χ1) is 5.36. The van der Waals surface area contributed by atoms with Crippen LogP contribution in [0, 0.1) is 0 Å². The van der Waals surface area contributed by atoms with Gasteiger partial charge >= 0.3 is 7.80 Å². The molecule has 1 aliphatic rings. The maximum atomic E-state index is 12.1. The van der Waals surface area contributed by atoms with Gasteiger partial charge in [0.05, 0.1) is 0 Å². The molecule has 0 aromatic heterocycles. The van der Waals surface area contributed by atoms with Crippen LogP contribution in [0.15, 0.2) is 0 Å². The Bertz CT molecular complexity index is 174. The van der Waals surface area contributed by atoms with Gasteiger partial charge in [0.1, 0.15) is 0 Å². The van der Waals surface area contributed by atoms with E-state index in [1.807, 2.05) is 0 Å². The Labute approximate surface area is 76.7 Å². The van der Waals surface area contributed by atoms with E-state index in [1.165, 1.54) is 12.8 Å². The van der Waals surface area contributed by atoms with Gasteiger partial charge in [-0.05, 0) is 53.4 Å². The van der Waals surface area contributed by atoms with Crippen molar-refractivity contribution in [1.29, 1.82) is 0 Å². The van der Waals surface area contributed by atoms with Crippen molar-refractivity contribution in [3.05, 3.63) is 0 Å². The van der Waals surface area contributed by atoms with Crippen LogP contribution in [0.2, 0.25) is 0 Å². The second-order valence-electron chi connectivity index (χ2n) is 5.13. The Kier molecular flexibility index (Phi) is 2.63. The summed E-state index contributed by atoms with van der Waals surface area (Å²) < 4.78 is 12.1. The second kappa shape index (κ2) is 3.10. The molecule has 0 spiro atoms. The summed E-state index contributed by atoms with van der Waals surface area (Å²) in [5.74, 6) is 0. The Morgan fingerprint density at radius 3 is 1.58 bits per heavy atom. The van der Waals surface area contributed by atoms with Crippen molar-refractivity contribution in [2.24, 2.45) is 0 Å². The molecule has 0 aromatic carbocycles. The topological polar surface area (TPSA) is 17.1 Å². The maximum Gasteiger partial charge on any atom is 0.350 e. The summed E-state index contributed by atoms with van der Waals surface area (Å²) in [6.07, 6.45) is 4.76. The van der Waals surface area contributed by atoms with Gasteiger partial charge in [-0.25, -0.2) is 0 Å². The van der Waals surface area contributed by atoms with Crippen molar-refractivity contribution in [2.45, 2.75) is 63.7 Å². The minimum atomic E-state index is -1.05. The van der Waals surface area contributed by atoms with Crippen LogP contribution in [-0.4, -0.2) is 10.3 Å². The van der Waals surface area contributed by atoms with Gasteiger partial charge in [-0.1, -0.05) is 4.57 Å². The van der Waals surface area contributed by atoms with Crippen molar-refractivity contribution in [1.82, 2.24) is 0 Å². The minimum Gasteiger partial charge on any atom is -0.0736 e. The Morgan fingerprint density at radius 1 is 0.917 bits per heavy atom. The summed E-state index contributed by atoms with van der Waals surface area (Å²) in [5.41, 5.74) is 0. The predicted molar refractivity (Wildman–Crippen MR) is 54.2 cm³/mol. The molecule has 0 amide bonds. The lowest BCUT2D eigenvalue weighted by molar-refractivity contribution is 0.522. The van der Waals surface area contributed by atoms with Crippen molar-refractivity contribution in [3.63, 3.8) is 0 Å². The van der Waals surface area contributed by atoms with E-state index in [1.54, 1.807) is 0 Å². The predicted octanol–water partition coefficient (Wildman–Crippen LogP) is 3.95. The van der Waals surface area contributed by atoms with Crippen LogP contribution >= 0.6 is 7.80 Å². The fraction of sp³-hybridized carbons (Fsp3) is 1.00. The van der Waals surface area contributed by atoms with E-state index in [4.69, 9.17) is 0 Å². The summed E-state index contributed by atoms with van der Waals surface area (Å²) in [5, 5.41) is 0.130. The highest BCUT2D eigenvalue weighted by Gasteiger charge is 2.51. The Balaban J connectivity index is 2.89. The van der Waals surface area contributed by atoms with Gasteiger partial charge in [-0.3, -0.25) is 0 Å². The average Bonchev–Trinajstić information content (AvgIpc) is 2.02. The first-order valence-electron chi connectivity index (χ1n) is 4.84. The molecule has 0 radical (unpaired) electrons. The molecule has 1 saturated heterocycles. The summed E-state index contributed by atoms with van der Waals surface area (Å²) in [4.78, 5) is 0. The van der Waals surface area contributed by atoms with Crippen molar-refractivity contribution in [2.75, 3.05) is 0 Å². The summed E-state index contributed by atoms with van der Waals surface area (Å²) in [6.45, 7) is 8.61. The van der Waals surface area contributed by atoms with E-state index < -0.39 is 7.80 Å². The Morgan fingerprint density at radius 2 is 1.25 bits per heavy atom. The van der Waals surface area contributed by atoms with Crippen LogP contribution in [-0.2, 0) is 4.57 Å². The van der Waals surface area contributed by atoms with E-state index >= 15 is 0 Å². The lowest BCUT2D eigenvalue weighted by Gasteiger charge is -2.18. The van der Waals surface area contributed by atoms with Crippen LogP contribution < -0.4 is 0 Å². The molecule has 1 heterocycles. The van der Waals surface area contributed by atoms with E-state index in [0.717, 1.165) is 12.8 Å².